The quantitative estimate of drug-likeness (QED) is 0.476. The highest BCUT2D eigenvalue weighted by atomic mass is 79.9. The fourth-order valence-electron chi connectivity index (χ4n) is 2.92. The molecule has 4 aromatic rings. The molecule has 2 aromatic heterocycles. The first-order chi connectivity index (χ1) is 13.0. The van der Waals surface area contributed by atoms with Gasteiger partial charge in [-0.1, -0.05) is 39.4 Å². The molecule has 138 valence electrons. The number of halogens is 1. The molecule has 0 atom stereocenters. The molecule has 0 aliphatic carbocycles. The molecule has 27 heavy (non-hydrogen) atoms. The summed E-state index contributed by atoms with van der Waals surface area (Å²) < 4.78 is 14.3. The topological polar surface area (TPSA) is 52.8 Å². The summed E-state index contributed by atoms with van der Waals surface area (Å²) in [5.74, 6) is 1.28. The second-order valence-electron chi connectivity index (χ2n) is 6.33. The van der Waals surface area contributed by atoms with E-state index in [1.165, 1.54) is 11.3 Å². The molecule has 0 unspecified atom stereocenters. The number of fused-ring (bicyclic) bond motifs is 3. The van der Waals surface area contributed by atoms with Crippen LogP contribution in [0, 0.1) is 0 Å². The average molecular weight is 445 g/mol. The molecule has 0 amide bonds. The molecule has 2 heterocycles. The van der Waals surface area contributed by atoms with Crippen LogP contribution < -0.4 is 19.6 Å². The van der Waals surface area contributed by atoms with Crippen LogP contribution in [0.5, 0.6) is 11.5 Å². The van der Waals surface area contributed by atoms with Gasteiger partial charge in [0.05, 0.1) is 28.8 Å². The highest BCUT2D eigenvalue weighted by Crippen LogP contribution is 2.34. The van der Waals surface area contributed by atoms with E-state index in [0.717, 1.165) is 21.1 Å². The molecule has 7 heteroatoms. The number of thiazole rings is 1. The summed E-state index contributed by atoms with van der Waals surface area (Å²) in [6, 6.07) is 11.4. The minimum atomic E-state index is -0.0722. The number of benzene rings is 2. The van der Waals surface area contributed by atoms with Crippen molar-refractivity contribution in [2.45, 2.75) is 20.0 Å². The Bertz CT molecular complexity index is 1260. The van der Waals surface area contributed by atoms with E-state index in [-0.39, 0.29) is 11.7 Å². The van der Waals surface area contributed by atoms with E-state index in [1.54, 1.807) is 11.5 Å². The first kappa shape index (κ1) is 18.0. The normalized spacial score (nSPS) is 12.4. The minimum Gasteiger partial charge on any atom is -0.493 e. The van der Waals surface area contributed by atoms with Gasteiger partial charge in [-0.3, -0.25) is 4.79 Å². The zero-order valence-electron chi connectivity index (χ0n) is 15.0. The second kappa shape index (κ2) is 6.98. The van der Waals surface area contributed by atoms with Crippen LogP contribution in [0.3, 0.4) is 0 Å². The lowest BCUT2D eigenvalue weighted by Crippen LogP contribution is -2.22. The van der Waals surface area contributed by atoms with Gasteiger partial charge < -0.3 is 9.47 Å². The largest absolute Gasteiger partial charge is 0.493 e. The number of nitrogens with zero attached hydrogens (tertiary/aromatic N) is 2. The first-order valence-corrected chi connectivity index (χ1v) is 10.0. The van der Waals surface area contributed by atoms with Crippen molar-refractivity contribution in [3.63, 3.8) is 0 Å². The predicted octanol–water partition coefficient (Wildman–Crippen LogP) is 4.02. The van der Waals surface area contributed by atoms with Gasteiger partial charge in [0.15, 0.2) is 16.5 Å². The summed E-state index contributed by atoms with van der Waals surface area (Å²) in [6.07, 6.45) is 1.88. The van der Waals surface area contributed by atoms with Gasteiger partial charge in [0.1, 0.15) is 0 Å². The number of hydrogen-bond donors (Lipinski definition) is 0. The van der Waals surface area contributed by atoms with Crippen LogP contribution in [0.4, 0.5) is 0 Å². The lowest BCUT2D eigenvalue weighted by atomic mass is 10.2. The van der Waals surface area contributed by atoms with Gasteiger partial charge >= 0.3 is 0 Å². The van der Waals surface area contributed by atoms with E-state index in [0.29, 0.717) is 21.0 Å². The maximum atomic E-state index is 12.9. The Hall–Kier alpha value is -2.38. The monoisotopic (exact) mass is 444 g/mol. The lowest BCUT2D eigenvalue weighted by molar-refractivity contribution is 0.230. The third-order valence-corrected chi connectivity index (χ3v) is 5.73. The Morgan fingerprint density at radius 3 is 2.74 bits per heavy atom. The fourth-order valence-corrected chi connectivity index (χ4v) is 4.33. The van der Waals surface area contributed by atoms with Gasteiger partial charge in [0.25, 0.3) is 5.56 Å². The molecule has 0 aliphatic rings. The number of rotatable bonds is 4. The lowest BCUT2D eigenvalue weighted by Gasteiger charge is -2.15. The molecule has 0 N–H and O–H groups in total. The smallest absolute Gasteiger partial charge is 0.274 e. The van der Waals surface area contributed by atoms with E-state index >= 15 is 0 Å². The first-order valence-electron chi connectivity index (χ1n) is 8.44. The highest BCUT2D eigenvalue weighted by Gasteiger charge is 2.13. The molecule has 0 aliphatic heterocycles. The van der Waals surface area contributed by atoms with Crippen molar-refractivity contribution < 1.29 is 9.47 Å². The molecule has 2 aromatic carbocycles. The van der Waals surface area contributed by atoms with Crippen LogP contribution in [0.2, 0.25) is 0 Å². The van der Waals surface area contributed by atoms with Crippen LogP contribution in [0.25, 0.3) is 22.1 Å². The number of aromatic nitrogens is 2. The zero-order chi connectivity index (χ0) is 19.1. The third-order valence-electron chi connectivity index (χ3n) is 4.08. The standard InChI is InChI=1S/C20H17BrN2O3S/c1-11(2)26-17-10-13(21)12(8-16(17)25-3)9-18-19(24)23-15-7-5-4-6-14(15)22-20(23)27-18/h4-11H,1-3H3/b18-9-. The van der Waals surface area contributed by atoms with E-state index in [1.807, 2.05) is 56.3 Å². The van der Waals surface area contributed by atoms with Crippen LogP contribution in [0.1, 0.15) is 19.4 Å². The van der Waals surface area contributed by atoms with Crippen LogP contribution in [0.15, 0.2) is 45.7 Å². The molecule has 4 rings (SSSR count). The van der Waals surface area contributed by atoms with Gasteiger partial charge in [-0.15, -0.1) is 0 Å². The SMILES string of the molecule is COc1cc(/C=c2\sc3nc4ccccc4n3c2=O)c(Br)cc1OC(C)C. The van der Waals surface area contributed by atoms with E-state index in [4.69, 9.17) is 9.47 Å². The van der Waals surface area contributed by atoms with E-state index < -0.39 is 0 Å². The van der Waals surface area contributed by atoms with E-state index in [9.17, 15) is 4.79 Å². The maximum Gasteiger partial charge on any atom is 0.274 e. The molecule has 0 fully saturated rings. The summed E-state index contributed by atoms with van der Waals surface area (Å²) in [5.41, 5.74) is 2.42. The minimum absolute atomic E-state index is 0.0345. The van der Waals surface area contributed by atoms with Crippen molar-refractivity contribution in [3.05, 3.63) is 61.3 Å². The zero-order valence-corrected chi connectivity index (χ0v) is 17.4. The molecule has 5 nitrogen and oxygen atoms in total. The third kappa shape index (κ3) is 3.21. The van der Waals surface area contributed by atoms with Crippen molar-refractivity contribution in [1.29, 1.82) is 0 Å². The fraction of sp³-hybridized carbons (Fsp3) is 0.200. The second-order valence-corrected chi connectivity index (χ2v) is 8.19. The summed E-state index contributed by atoms with van der Waals surface area (Å²) in [5, 5.41) is 0. The molecular weight excluding hydrogens is 428 g/mol. The number of ether oxygens (including phenoxy) is 2. The summed E-state index contributed by atoms with van der Waals surface area (Å²) in [7, 11) is 1.60. The summed E-state index contributed by atoms with van der Waals surface area (Å²) >= 11 is 4.94. The Kier molecular flexibility index (Phi) is 4.65. The van der Waals surface area contributed by atoms with Gasteiger partial charge in [0, 0.05) is 4.47 Å². The van der Waals surface area contributed by atoms with Crippen molar-refractivity contribution in [3.8, 4) is 11.5 Å². The summed E-state index contributed by atoms with van der Waals surface area (Å²) in [6.45, 7) is 3.92. The number of hydrogen-bond acceptors (Lipinski definition) is 5. The average Bonchev–Trinajstić information content (AvgIpc) is 3.13. The summed E-state index contributed by atoms with van der Waals surface area (Å²) in [4.78, 5) is 18.2. The van der Waals surface area contributed by atoms with Gasteiger partial charge in [-0.2, -0.15) is 0 Å². The number of imidazole rings is 1. The van der Waals surface area contributed by atoms with Crippen molar-refractivity contribution in [1.82, 2.24) is 9.38 Å². The molecule has 0 saturated carbocycles. The van der Waals surface area contributed by atoms with Gasteiger partial charge in [-0.25, -0.2) is 9.38 Å². The molecule has 0 bridgehead atoms. The molecule has 0 radical (unpaired) electrons. The van der Waals surface area contributed by atoms with E-state index in [2.05, 4.69) is 20.9 Å². The predicted molar refractivity (Wildman–Crippen MR) is 112 cm³/mol. The van der Waals surface area contributed by atoms with Crippen LogP contribution in [-0.2, 0) is 0 Å². The van der Waals surface area contributed by atoms with Crippen LogP contribution in [-0.4, -0.2) is 22.6 Å². The number of para-hydroxylation sites is 2. The van der Waals surface area contributed by atoms with Crippen molar-refractivity contribution in [2.75, 3.05) is 7.11 Å². The molecule has 0 spiro atoms. The number of methoxy groups -OCH3 is 1. The van der Waals surface area contributed by atoms with Gasteiger partial charge in [0.2, 0.25) is 0 Å². The Labute approximate surface area is 168 Å². The molecular formula is C20H17BrN2O3S. The molecule has 0 saturated heterocycles. The Morgan fingerprint density at radius 2 is 2.00 bits per heavy atom. The van der Waals surface area contributed by atoms with Crippen LogP contribution >= 0.6 is 27.3 Å². The Balaban J connectivity index is 1.88. The Morgan fingerprint density at radius 1 is 1.22 bits per heavy atom. The van der Waals surface area contributed by atoms with Crippen molar-refractivity contribution >= 4 is 49.3 Å². The maximum absolute atomic E-state index is 12.9. The van der Waals surface area contributed by atoms with Crippen molar-refractivity contribution in [2.24, 2.45) is 0 Å². The van der Waals surface area contributed by atoms with Gasteiger partial charge in [-0.05, 0) is 49.8 Å². The highest BCUT2D eigenvalue weighted by molar-refractivity contribution is 9.10.